The first-order valence-corrected chi connectivity index (χ1v) is 11.9. The highest BCUT2D eigenvalue weighted by molar-refractivity contribution is 6.36. The molecular weight excluding hydrogens is 474 g/mol. The van der Waals surface area contributed by atoms with Gasteiger partial charge in [-0.15, -0.1) is 0 Å². The van der Waals surface area contributed by atoms with E-state index in [1.54, 1.807) is 30.3 Å². The number of anilines is 1. The van der Waals surface area contributed by atoms with Crippen molar-refractivity contribution in [3.8, 4) is 5.69 Å². The van der Waals surface area contributed by atoms with Gasteiger partial charge in [0.25, 0.3) is 0 Å². The van der Waals surface area contributed by atoms with Gasteiger partial charge in [-0.25, -0.2) is 9.37 Å². The summed E-state index contributed by atoms with van der Waals surface area (Å²) in [6.07, 6.45) is 1.49. The predicted molar refractivity (Wildman–Crippen MR) is 134 cm³/mol. The van der Waals surface area contributed by atoms with Crippen molar-refractivity contribution in [3.63, 3.8) is 0 Å². The summed E-state index contributed by atoms with van der Waals surface area (Å²) in [5, 5.41) is 3.89. The molecule has 1 aliphatic heterocycles. The maximum atomic E-state index is 13.5. The Bertz CT molecular complexity index is 1330. The maximum absolute atomic E-state index is 13.5. The number of imidazole rings is 1. The van der Waals surface area contributed by atoms with Crippen LogP contribution in [-0.2, 0) is 11.3 Å². The summed E-state index contributed by atoms with van der Waals surface area (Å²) in [7, 11) is 0. The van der Waals surface area contributed by atoms with Crippen molar-refractivity contribution < 1.29 is 9.18 Å². The first-order valence-electron chi connectivity index (χ1n) is 11.2. The van der Waals surface area contributed by atoms with E-state index in [0.717, 1.165) is 48.5 Å². The average molecular weight is 497 g/mol. The summed E-state index contributed by atoms with van der Waals surface area (Å²) in [5.41, 5.74) is 3.33. The minimum Gasteiger partial charge on any atom is -0.325 e. The number of halogens is 3. The average Bonchev–Trinajstić information content (AvgIpc) is 3.19. The molecule has 1 N–H and O–H groups in total. The van der Waals surface area contributed by atoms with Crippen LogP contribution in [0.2, 0.25) is 10.0 Å². The molecule has 1 saturated heterocycles. The van der Waals surface area contributed by atoms with Crippen LogP contribution in [0.5, 0.6) is 0 Å². The Morgan fingerprint density at radius 2 is 1.76 bits per heavy atom. The van der Waals surface area contributed by atoms with Gasteiger partial charge >= 0.3 is 0 Å². The van der Waals surface area contributed by atoms with Gasteiger partial charge in [0, 0.05) is 16.6 Å². The van der Waals surface area contributed by atoms with E-state index in [0.29, 0.717) is 22.3 Å². The Morgan fingerprint density at radius 3 is 2.50 bits per heavy atom. The van der Waals surface area contributed by atoms with Crippen LogP contribution in [0.4, 0.5) is 10.1 Å². The number of fused-ring (bicyclic) bond motifs is 1. The molecule has 1 aliphatic rings. The molecule has 5 nitrogen and oxygen atoms in total. The van der Waals surface area contributed by atoms with Crippen molar-refractivity contribution in [3.05, 3.63) is 88.4 Å². The molecule has 34 heavy (non-hydrogen) atoms. The molecule has 3 aromatic carbocycles. The van der Waals surface area contributed by atoms with Crippen LogP contribution in [-0.4, -0.2) is 33.4 Å². The van der Waals surface area contributed by atoms with Crippen LogP contribution in [0.3, 0.4) is 0 Å². The van der Waals surface area contributed by atoms with E-state index in [4.69, 9.17) is 28.2 Å². The second kappa shape index (κ2) is 9.74. The maximum Gasteiger partial charge on any atom is 0.227 e. The lowest BCUT2D eigenvalue weighted by Crippen LogP contribution is -2.38. The summed E-state index contributed by atoms with van der Waals surface area (Å²) in [6, 6.07) is 19.5. The van der Waals surface area contributed by atoms with Gasteiger partial charge in [-0.1, -0.05) is 35.3 Å². The second-order valence-electron chi connectivity index (χ2n) is 8.49. The van der Waals surface area contributed by atoms with Gasteiger partial charge in [-0.05, 0) is 80.5 Å². The van der Waals surface area contributed by atoms with Crippen LogP contribution in [0.1, 0.15) is 18.7 Å². The molecular formula is C26H23Cl2FN4O. The van der Waals surface area contributed by atoms with Crippen molar-refractivity contribution in [2.45, 2.75) is 19.4 Å². The highest BCUT2D eigenvalue weighted by Crippen LogP contribution is 2.28. The SMILES string of the molecule is O=C(Nc1ccc(Cl)cc1Cl)C1CCN(Cc2nc3ccccc3n2-c2ccc(F)cc2)CC1. The van der Waals surface area contributed by atoms with E-state index in [1.165, 1.54) is 12.1 Å². The molecule has 5 rings (SSSR count). The van der Waals surface area contributed by atoms with Crippen molar-refractivity contribution >= 4 is 45.8 Å². The van der Waals surface area contributed by atoms with Crippen LogP contribution >= 0.6 is 23.2 Å². The van der Waals surface area contributed by atoms with Crippen molar-refractivity contribution in [2.24, 2.45) is 5.92 Å². The Hall–Kier alpha value is -2.93. The third-order valence-electron chi connectivity index (χ3n) is 6.23. The number of aromatic nitrogens is 2. The zero-order valence-electron chi connectivity index (χ0n) is 18.3. The monoisotopic (exact) mass is 496 g/mol. The molecule has 0 atom stereocenters. The molecule has 174 valence electrons. The smallest absolute Gasteiger partial charge is 0.227 e. The van der Waals surface area contributed by atoms with E-state index in [9.17, 15) is 9.18 Å². The number of nitrogens with one attached hydrogen (secondary N) is 1. The largest absolute Gasteiger partial charge is 0.325 e. The zero-order chi connectivity index (χ0) is 23.7. The summed E-state index contributed by atoms with van der Waals surface area (Å²) < 4.78 is 15.6. The van der Waals surface area contributed by atoms with Crippen molar-refractivity contribution in [2.75, 3.05) is 18.4 Å². The molecule has 1 amide bonds. The van der Waals surface area contributed by atoms with E-state index < -0.39 is 0 Å². The summed E-state index contributed by atoms with van der Waals surface area (Å²) in [5.74, 6) is 0.514. The van der Waals surface area contributed by atoms with Crippen molar-refractivity contribution in [1.29, 1.82) is 0 Å². The number of amides is 1. The zero-order valence-corrected chi connectivity index (χ0v) is 19.9. The molecule has 0 aliphatic carbocycles. The number of hydrogen-bond donors (Lipinski definition) is 1. The van der Waals surface area contributed by atoms with Gasteiger partial charge in [0.2, 0.25) is 5.91 Å². The molecule has 0 radical (unpaired) electrons. The van der Waals surface area contributed by atoms with E-state index in [2.05, 4.69) is 14.8 Å². The van der Waals surface area contributed by atoms with Crippen molar-refractivity contribution in [1.82, 2.24) is 14.5 Å². The highest BCUT2D eigenvalue weighted by atomic mass is 35.5. The van der Waals surface area contributed by atoms with Gasteiger partial charge in [-0.2, -0.15) is 0 Å². The first-order chi connectivity index (χ1) is 16.5. The van der Waals surface area contributed by atoms with E-state index >= 15 is 0 Å². The Labute approximate surface area is 207 Å². The molecule has 4 aromatic rings. The van der Waals surface area contributed by atoms with Gasteiger partial charge in [0.1, 0.15) is 11.6 Å². The number of carbonyl (C=O) groups excluding carboxylic acids is 1. The number of nitrogens with zero attached hydrogens (tertiary/aromatic N) is 3. The third kappa shape index (κ3) is 4.80. The molecule has 8 heteroatoms. The lowest BCUT2D eigenvalue weighted by Gasteiger charge is -2.31. The summed E-state index contributed by atoms with van der Waals surface area (Å²) in [4.78, 5) is 19.9. The highest BCUT2D eigenvalue weighted by Gasteiger charge is 2.26. The molecule has 1 aromatic heterocycles. The minimum absolute atomic E-state index is 0.0255. The fourth-order valence-corrected chi connectivity index (χ4v) is 4.89. The van der Waals surface area contributed by atoms with E-state index in [1.807, 2.05) is 24.3 Å². The fraction of sp³-hybridized carbons (Fsp3) is 0.231. The number of likely N-dealkylation sites (tertiary alicyclic amines) is 1. The van der Waals surface area contributed by atoms with Gasteiger partial charge in [-0.3, -0.25) is 14.3 Å². The normalized spacial score (nSPS) is 15.0. The number of carbonyl (C=O) groups is 1. The topological polar surface area (TPSA) is 50.2 Å². The number of para-hydroxylation sites is 2. The number of benzene rings is 3. The third-order valence-corrected chi connectivity index (χ3v) is 6.78. The summed E-state index contributed by atoms with van der Waals surface area (Å²) >= 11 is 12.1. The van der Waals surface area contributed by atoms with Crippen LogP contribution in [0, 0.1) is 11.7 Å². The lowest BCUT2D eigenvalue weighted by atomic mass is 9.96. The fourth-order valence-electron chi connectivity index (χ4n) is 4.44. The van der Waals surface area contributed by atoms with Crippen LogP contribution in [0.15, 0.2) is 66.7 Å². The number of rotatable bonds is 5. The Morgan fingerprint density at radius 1 is 1.03 bits per heavy atom. The van der Waals surface area contributed by atoms with E-state index in [-0.39, 0.29) is 17.6 Å². The lowest BCUT2D eigenvalue weighted by molar-refractivity contribution is -0.121. The predicted octanol–water partition coefficient (Wildman–Crippen LogP) is 6.32. The molecule has 0 bridgehead atoms. The van der Waals surface area contributed by atoms with Gasteiger partial charge in [0.15, 0.2) is 0 Å². The first kappa shape index (κ1) is 22.8. The standard InChI is InChI=1S/C26H23Cl2FN4O/c27-18-5-10-22(21(28)15-18)31-26(34)17-11-13-32(14-12-17)16-25-30-23-3-1-2-4-24(23)33(25)20-8-6-19(29)7-9-20/h1-10,15,17H,11-14,16H2,(H,31,34). The molecule has 0 unspecified atom stereocenters. The second-order valence-corrected chi connectivity index (χ2v) is 9.34. The van der Waals surface area contributed by atoms with Crippen LogP contribution in [0.25, 0.3) is 16.7 Å². The molecule has 0 saturated carbocycles. The van der Waals surface area contributed by atoms with Crippen LogP contribution < -0.4 is 5.32 Å². The molecule has 2 heterocycles. The number of piperidine rings is 1. The Balaban J connectivity index is 1.28. The van der Waals surface area contributed by atoms with Gasteiger partial charge < -0.3 is 5.32 Å². The molecule has 1 fully saturated rings. The molecule has 0 spiro atoms. The number of hydrogen-bond acceptors (Lipinski definition) is 3. The Kier molecular flexibility index (Phi) is 6.55. The quantitative estimate of drug-likeness (QED) is 0.351. The summed E-state index contributed by atoms with van der Waals surface area (Å²) in [6.45, 7) is 2.20. The minimum atomic E-state index is -0.269. The van der Waals surface area contributed by atoms with Gasteiger partial charge in [0.05, 0.1) is 28.3 Å².